The second-order valence-electron chi connectivity index (χ2n) is 3.81. The summed E-state index contributed by atoms with van der Waals surface area (Å²) in [6.45, 7) is 4.19. The molecule has 0 aromatic carbocycles. The van der Waals surface area contributed by atoms with Crippen LogP contribution in [0.2, 0.25) is 0 Å². The molecule has 0 saturated heterocycles. The van der Waals surface area contributed by atoms with Gasteiger partial charge < -0.3 is 11.1 Å². The van der Waals surface area contributed by atoms with Crippen molar-refractivity contribution >= 4 is 16.5 Å². The summed E-state index contributed by atoms with van der Waals surface area (Å²) < 4.78 is 0. The van der Waals surface area contributed by atoms with E-state index in [4.69, 9.17) is 5.73 Å². The van der Waals surface area contributed by atoms with E-state index >= 15 is 0 Å². The second kappa shape index (κ2) is 4.28. The summed E-state index contributed by atoms with van der Waals surface area (Å²) in [4.78, 5) is 5.75. The average Bonchev–Trinajstić information content (AvgIpc) is 2.92. The molecule has 0 spiro atoms. The van der Waals surface area contributed by atoms with Crippen molar-refractivity contribution in [2.75, 3.05) is 12.3 Å². The minimum Gasteiger partial charge on any atom is -0.375 e. The van der Waals surface area contributed by atoms with Crippen molar-refractivity contribution in [3.63, 3.8) is 0 Å². The molecular weight excluding hydrogens is 194 g/mol. The Hall–Kier alpha value is -0.610. The largest absolute Gasteiger partial charge is 0.375 e. The zero-order valence-corrected chi connectivity index (χ0v) is 9.36. The lowest BCUT2D eigenvalue weighted by atomic mass is 10.2. The lowest BCUT2D eigenvalue weighted by Gasteiger charge is -2.01. The molecule has 1 saturated carbocycles. The number of hydrogen-bond donors (Lipinski definition) is 2. The summed E-state index contributed by atoms with van der Waals surface area (Å²) in [5.41, 5.74) is 6.99. The van der Waals surface area contributed by atoms with Crippen LogP contribution in [0.4, 0.5) is 5.13 Å². The summed E-state index contributed by atoms with van der Waals surface area (Å²) in [6.07, 6.45) is 3.76. The number of anilines is 1. The Bertz CT molecular complexity index is 304. The maximum Gasteiger partial charge on any atom is 0.180 e. The van der Waals surface area contributed by atoms with Crippen molar-refractivity contribution in [2.45, 2.75) is 38.6 Å². The van der Waals surface area contributed by atoms with Gasteiger partial charge in [0.1, 0.15) is 0 Å². The molecule has 4 heteroatoms. The van der Waals surface area contributed by atoms with E-state index in [9.17, 15) is 0 Å². The van der Waals surface area contributed by atoms with E-state index in [1.165, 1.54) is 29.8 Å². The minimum atomic E-state index is 0.710. The monoisotopic (exact) mass is 211 g/mol. The Morgan fingerprint density at radius 1 is 1.57 bits per heavy atom. The van der Waals surface area contributed by atoms with Crippen LogP contribution in [0.25, 0.3) is 0 Å². The Balaban J connectivity index is 1.99. The molecule has 0 atom stereocenters. The number of thiazole rings is 1. The van der Waals surface area contributed by atoms with Crippen molar-refractivity contribution in [3.8, 4) is 0 Å². The molecule has 0 amide bonds. The second-order valence-corrected chi connectivity index (χ2v) is 4.93. The molecule has 0 bridgehead atoms. The van der Waals surface area contributed by atoms with E-state index in [0.717, 1.165) is 18.2 Å². The van der Waals surface area contributed by atoms with Crippen LogP contribution in [0.1, 0.15) is 42.7 Å². The van der Waals surface area contributed by atoms with Crippen LogP contribution < -0.4 is 11.1 Å². The third kappa shape index (κ3) is 2.25. The Kier molecular flexibility index (Phi) is 3.03. The van der Waals surface area contributed by atoms with Crippen LogP contribution in [0, 0.1) is 0 Å². The molecule has 1 aromatic rings. The lowest BCUT2D eigenvalue weighted by Crippen LogP contribution is -2.13. The van der Waals surface area contributed by atoms with Gasteiger partial charge in [0, 0.05) is 17.3 Å². The van der Waals surface area contributed by atoms with Gasteiger partial charge in [0.05, 0.1) is 5.69 Å². The number of nitrogen functional groups attached to an aromatic ring is 1. The zero-order valence-electron chi connectivity index (χ0n) is 8.55. The molecular formula is C10H17N3S. The van der Waals surface area contributed by atoms with Gasteiger partial charge >= 0.3 is 0 Å². The first kappa shape index (κ1) is 9.93. The van der Waals surface area contributed by atoms with Gasteiger partial charge in [-0.1, -0.05) is 6.92 Å². The van der Waals surface area contributed by atoms with Gasteiger partial charge in [0.15, 0.2) is 5.13 Å². The van der Waals surface area contributed by atoms with Gasteiger partial charge in [-0.05, 0) is 25.8 Å². The normalized spacial score (nSPS) is 16.1. The predicted octanol–water partition coefficient (Wildman–Crippen LogP) is 2.10. The van der Waals surface area contributed by atoms with Gasteiger partial charge in [0.25, 0.3) is 0 Å². The van der Waals surface area contributed by atoms with Crippen molar-refractivity contribution in [3.05, 3.63) is 10.6 Å². The van der Waals surface area contributed by atoms with E-state index in [-0.39, 0.29) is 0 Å². The number of hydrogen-bond acceptors (Lipinski definition) is 4. The molecule has 2 rings (SSSR count). The summed E-state index contributed by atoms with van der Waals surface area (Å²) >= 11 is 1.64. The average molecular weight is 211 g/mol. The maximum absolute atomic E-state index is 5.73. The molecule has 78 valence electrons. The molecule has 1 aliphatic carbocycles. The van der Waals surface area contributed by atoms with E-state index < -0.39 is 0 Å². The first-order valence-corrected chi connectivity index (χ1v) is 6.08. The Morgan fingerprint density at radius 2 is 2.36 bits per heavy atom. The topological polar surface area (TPSA) is 50.9 Å². The van der Waals surface area contributed by atoms with Crippen LogP contribution in [0.5, 0.6) is 0 Å². The highest BCUT2D eigenvalue weighted by Crippen LogP contribution is 2.43. The maximum atomic E-state index is 5.73. The summed E-state index contributed by atoms with van der Waals surface area (Å²) in [7, 11) is 0. The number of rotatable bonds is 5. The molecule has 3 nitrogen and oxygen atoms in total. The number of nitrogens with two attached hydrogens (primary N) is 1. The Morgan fingerprint density at radius 3 is 3.00 bits per heavy atom. The van der Waals surface area contributed by atoms with E-state index in [0.29, 0.717) is 5.92 Å². The van der Waals surface area contributed by atoms with Gasteiger partial charge in [-0.15, -0.1) is 11.3 Å². The smallest absolute Gasteiger partial charge is 0.180 e. The Labute approximate surface area is 88.7 Å². The summed E-state index contributed by atoms with van der Waals surface area (Å²) in [5.74, 6) is 0.710. The summed E-state index contributed by atoms with van der Waals surface area (Å²) in [6, 6.07) is 0. The molecule has 0 aliphatic heterocycles. The molecule has 3 N–H and O–H groups in total. The molecule has 1 fully saturated rings. The van der Waals surface area contributed by atoms with Crippen LogP contribution in [0.3, 0.4) is 0 Å². The SMILES string of the molecule is CCCNCc1sc(N)nc1C1CC1. The molecule has 1 heterocycles. The number of nitrogens with one attached hydrogen (secondary N) is 1. The van der Waals surface area contributed by atoms with Crippen molar-refractivity contribution in [2.24, 2.45) is 0 Å². The van der Waals surface area contributed by atoms with Crippen LogP contribution in [-0.4, -0.2) is 11.5 Å². The first-order chi connectivity index (χ1) is 6.81. The van der Waals surface area contributed by atoms with Crippen LogP contribution >= 0.6 is 11.3 Å². The predicted molar refractivity (Wildman–Crippen MR) is 60.5 cm³/mol. The van der Waals surface area contributed by atoms with Crippen molar-refractivity contribution in [1.29, 1.82) is 0 Å². The molecule has 14 heavy (non-hydrogen) atoms. The summed E-state index contributed by atoms with van der Waals surface area (Å²) in [5, 5.41) is 4.12. The van der Waals surface area contributed by atoms with Gasteiger partial charge in [-0.25, -0.2) is 4.98 Å². The fourth-order valence-corrected chi connectivity index (χ4v) is 2.45. The number of aromatic nitrogens is 1. The van der Waals surface area contributed by atoms with E-state index in [1.54, 1.807) is 11.3 Å². The van der Waals surface area contributed by atoms with Gasteiger partial charge in [-0.3, -0.25) is 0 Å². The fraction of sp³-hybridized carbons (Fsp3) is 0.700. The highest BCUT2D eigenvalue weighted by Gasteiger charge is 2.28. The first-order valence-electron chi connectivity index (χ1n) is 5.27. The molecule has 0 radical (unpaired) electrons. The standard InChI is InChI=1S/C10H17N3S/c1-2-5-12-6-8-9(7-3-4-7)13-10(11)14-8/h7,12H,2-6H2,1H3,(H2,11,13). The molecule has 1 aromatic heterocycles. The minimum absolute atomic E-state index is 0.710. The van der Waals surface area contributed by atoms with Crippen LogP contribution in [-0.2, 0) is 6.54 Å². The van der Waals surface area contributed by atoms with Crippen molar-refractivity contribution in [1.82, 2.24) is 10.3 Å². The zero-order chi connectivity index (χ0) is 9.97. The molecule has 1 aliphatic rings. The van der Waals surface area contributed by atoms with E-state index in [2.05, 4.69) is 17.2 Å². The third-order valence-electron chi connectivity index (χ3n) is 2.42. The highest BCUT2D eigenvalue weighted by molar-refractivity contribution is 7.15. The van der Waals surface area contributed by atoms with Gasteiger partial charge in [-0.2, -0.15) is 0 Å². The van der Waals surface area contributed by atoms with Crippen molar-refractivity contribution < 1.29 is 0 Å². The van der Waals surface area contributed by atoms with Gasteiger partial charge in [0.2, 0.25) is 0 Å². The lowest BCUT2D eigenvalue weighted by molar-refractivity contribution is 0.676. The molecule has 0 unspecified atom stereocenters. The highest BCUT2D eigenvalue weighted by atomic mass is 32.1. The van der Waals surface area contributed by atoms with Crippen LogP contribution in [0.15, 0.2) is 0 Å². The quantitative estimate of drug-likeness (QED) is 0.733. The number of nitrogens with zero attached hydrogens (tertiary/aromatic N) is 1. The fourth-order valence-electron chi connectivity index (χ4n) is 1.56. The van der Waals surface area contributed by atoms with E-state index in [1.807, 2.05) is 0 Å². The third-order valence-corrected chi connectivity index (χ3v) is 3.32.